The Labute approximate surface area is 162 Å². The number of aromatic nitrogens is 1. The van der Waals surface area contributed by atoms with Crippen LogP contribution in [0.4, 0.5) is 5.13 Å². The van der Waals surface area contributed by atoms with Crippen molar-refractivity contribution in [3.05, 3.63) is 65.5 Å². The molecule has 2 aromatic carbocycles. The van der Waals surface area contributed by atoms with Crippen molar-refractivity contribution >= 4 is 22.3 Å². The minimum absolute atomic E-state index is 0.0119. The van der Waals surface area contributed by atoms with Crippen LogP contribution in [0, 0.1) is 5.92 Å². The summed E-state index contributed by atoms with van der Waals surface area (Å²) in [5.74, 6) is 0.576. The van der Waals surface area contributed by atoms with E-state index >= 15 is 0 Å². The number of nitrogens with one attached hydrogen (secondary N) is 1. The minimum atomic E-state index is -0.0576. The molecule has 2 unspecified atom stereocenters. The largest absolute Gasteiger partial charge is 0.508 e. The highest BCUT2D eigenvalue weighted by Gasteiger charge is 2.31. The van der Waals surface area contributed by atoms with Crippen molar-refractivity contribution in [3.63, 3.8) is 0 Å². The second kappa shape index (κ2) is 7.92. The van der Waals surface area contributed by atoms with E-state index in [1.165, 1.54) is 0 Å². The van der Waals surface area contributed by atoms with Gasteiger partial charge in [-0.25, -0.2) is 4.98 Å². The molecule has 3 aromatic rings. The van der Waals surface area contributed by atoms with Gasteiger partial charge < -0.3 is 10.4 Å². The number of phenols is 1. The Balaban J connectivity index is 1.60. The van der Waals surface area contributed by atoms with Crippen molar-refractivity contribution in [2.75, 3.05) is 5.32 Å². The summed E-state index contributed by atoms with van der Waals surface area (Å²) >= 11 is 1.54. The highest BCUT2D eigenvalue weighted by Crippen LogP contribution is 2.36. The van der Waals surface area contributed by atoms with E-state index in [1.807, 2.05) is 35.7 Å². The summed E-state index contributed by atoms with van der Waals surface area (Å²) in [6.07, 6.45) is 3.69. The monoisotopic (exact) mass is 378 g/mol. The van der Waals surface area contributed by atoms with Crippen LogP contribution >= 0.6 is 11.3 Å². The maximum absolute atomic E-state index is 12.6. The number of carbonyl (C=O) groups excluding carboxylic acids is 1. The van der Waals surface area contributed by atoms with Gasteiger partial charge in [-0.1, -0.05) is 36.8 Å². The van der Waals surface area contributed by atoms with E-state index in [-0.39, 0.29) is 17.7 Å². The molecule has 4 rings (SSSR count). The van der Waals surface area contributed by atoms with E-state index < -0.39 is 0 Å². The molecule has 0 bridgehead atoms. The highest BCUT2D eigenvalue weighted by molar-refractivity contribution is 7.14. The first kappa shape index (κ1) is 17.7. The first-order valence-corrected chi connectivity index (χ1v) is 10.2. The second-order valence-corrected chi connectivity index (χ2v) is 7.79. The number of hydrogen-bond acceptors (Lipinski definition) is 5. The summed E-state index contributed by atoms with van der Waals surface area (Å²) in [4.78, 5) is 17.3. The standard InChI is InChI=1S/C22H22N2O2S/c25-17-12-10-15(11-13-17)19-14-27-22(23-19)24-21(16-6-2-1-3-7-16)18-8-4-5-9-20(18)26/h1-3,6-7,10-14,18,21,25H,4-5,8-9H2,(H,23,24). The van der Waals surface area contributed by atoms with Gasteiger partial charge in [-0.2, -0.15) is 0 Å². The molecule has 0 saturated heterocycles. The molecular weight excluding hydrogens is 356 g/mol. The number of carbonyl (C=O) groups is 1. The number of hydrogen-bond donors (Lipinski definition) is 2. The lowest BCUT2D eigenvalue weighted by atomic mass is 9.80. The number of thiazole rings is 1. The summed E-state index contributed by atoms with van der Waals surface area (Å²) in [7, 11) is 0. The molecule has 0 spiro atoms. The Hall–Kier alpha value is -2.66. The Kier molecular flexibility index (Phi) is 5.21. The Morgan fingerprint density at radius 3 is 2.59 bits per heavy atom. The molecule has 1 saturated carbocycles. The zero-order chi connectivity index (χ0) is 18.6. The van der Waals surface area contributed by atoms with Crippen molar-refractivity contribution in [3.8, 4) is 17.0 Å². The summed E-state index contributed by atoms with van der Waals surface area (Å²) in [6, 6.07) is 17.2. The fraction of sp³-hybridized carbons (Fsp3) is 0.273. The number of anilines is 1. The third-order valence-electron chi connectivity index (χ3n) is 5.11. The molecule has 0 amide bonds. The van der Waals surface area contributed by atoms with E-state index in [4.69, 9.17) is 4.98 Å². The van der Waals surface area contributed by atoms with Gasteiger partial charge in [0.05, 0.1) is 11.7 Å². The molecule has 1 fully saturated rings. The van der Waals surface area contributed by atoms with E-state index in [0.717, 1.165) is 41.2 Å². The summed E-state index contributed by atoms with van der Waals surface area (Å²) in [5, 5.41) is 15.8. The molecule has 5 heteroatoms. The zero-order valence-corrected chi connectivity index (χ0v) is 15.8. The molecule has 27 heavy (non-hydrogen) atoms. The van der Waals surface area contributed by atoms with Crippen molar-refractivity contribution in [2.24, 2.45) is 5.92 Å². The van der Waals surface area contributed by atoms with Crippen molar-refractivity contribution in [2.45, 2.75) is 31.7 Å². The summed E-state index contributed by atoms with van der Waals surface area (Å²) in [5.41, 5.74) is 2.95. The Bertz CT molecular complexity index is 906. The van der Waals surface area contributed by atoms with Crippen LogP contribution in [0.1, 0.15) is 37.3 Å². The molecule has 138 valence electrons. The first-order valence-electron chi connectivity index (χ1n) is 9.30. The lowest BCUT2D eigenvalue weighted by Gasteiger charge is -2.30. The van der Waals surface area contributed by atoms with Gasteiger partial charge in [-0.3, -0.25) is 4.79 Å². The van der Waals surface area contributed by atoms with E-state index in [1.54, 1.807) is 23.5 Å². The average molecular weight is 378 g/mol. The molecule has 4 nitrogen and oxygen atoms in total. The molecular formula is C22H22N2O2S. The van der Waals surface area contributed by atoms with Gasteiger partial charge in [0, 0.05) is 23.3 Å². The molecule has 1 aliphatic carbocycles. The molecule has 1 heterocycles. The third kappa shape index (κ3) is 4.03. The van der Waals surface area contributed by atoms with Crippen LogP contribution in [0.25, 0.3) is 11.3 Å². The third-order valence-corrected chi connectivity index (χ3v) is 5.88. The van der Waals surface area contributed by atoms with Crippen LogP contribution in [0.15, 0.2) is 60.0 Å². The molecule has 0 aliphatic heterocycles. The molecule has 1 aromatic heterocycles. The van der Waals surface area contributed by atoms with Crippen molar-refractivity contribution in [1.29, 1.82) is 0 Å². The van der Waals surface area contributed by atoms with E-state index in [0.29, 0.717) is 12.2 Å². The maximum Gasteiger partial charge on any atom is 0.183 e. The second-order valence-electron chi connectivity index (χ2n) is 6.94. The quantitative estimate of drug-likeness (QED) is 0.621. The van der Waals surface area contributed by atoms with Crippen LogP contribution in [0.3, 0.4) is 0 Å². The van der Waals surface area contributed by atoms with Crippen molar-refractivity contribution in [1.82, 2.24) is 4.98 Å². The first-order chi connectivity index (χ1) is 13.2. The van der Waals surface area contributed by atoms with Crippen LogP contribution in [-0.4, -0.2) is 15.9 Å². The lowest BCUT2D eigenvalue weighted by molar-refractivity contribution is -0.125. The van der Waals surface area contributed by atoms with Gasteiger partial charge in [0.15, 0.2) is 5.13 Å². The number of nitrogens with zero attached hydrogens (tertiary/aromatic N) is 1. The lowest BCUT2D eigenvalue weighted by Crippen LogP contribution is -2.30. The number of rotatable bonds is 5. The Morgan fingerprint density at radius 1 is 1.07 bits per heavy atom. The molecule has 2 atom stereocenters. The van der Waals surface area contributed by atoms with Crippen LogP contribution in [-0.2, 0) is 4.79 Å². The average Bonchev–Trinajstić information content (AvgIpc) is 3.17. The fourth-order valence-corrected chi connectivity index (χ4v) is 4.43. The Morgan fingerprint density at radius 2 is 1.85 bits per heavy atom. The number of benzene rings is 2. The van der Waals surface area contributed by atoms with E-state index in [9.17, 15) is 9.90 Å². The normalized spacial score (nSPS) is 18.2. The van der Waals surface area contributed by atoms with Gasteiger partial charge in [0.2, 0.25) is 0 Å². The number of phenolic OH excluding ortho intramolecular Hbond substituents is 1. The maximum atomic E-state index is 12.6. The van der Waals surface area contributed by atoms with Gasteiger partial charge in [0.25, 0.3) is 0 Å². The van der Waals surface area contributed by atoms with E-state index in [2.05, 4.69) is 17.4 Å². The molecule has 2 N–H and O–H groups in total. The number of ketones is 1. The number of aromatic hydroxyl groups is 1. The summed E-state index contributed by atoms with van der Waals surface area (Å²) < 4.78 is 0. The SMILES string of the molecule is O=C1CCCCC1C(Nc1nc(-c2ccc(O)cc2)cs1)c1ccccc1. The minimum Gasteiger partial charge on any atom is -0.508 e. The van der Waals surface area contributed by atoms with Crippen LogP contribution < -0.4 is 5.32 Å². The van der Waals surface area contributed by atoms with Crippen LogP contribution in [0.5, 0.6) is 5.75 Å². The molecule has 1 aliphatic rings. The topological polar surface area (TPSA) is 62.2 Å². The van der Waals surface area contributed by atoms with Gasteiger partial charge >= 0.3 is 0 Å². The molecule has 0 radical (unpaired) electrons. The number of Topliss-reactive ketones (excluding diaryl/α,β-unsaturated/α-hetero) is 1. The van der Waals surface area contributed by atoms with Gasteiger partial charge in [-0.15, -0.1) is 11.3 Å². The van der Waals surface area contributed by atoms with Crippen LogP contribution in [0.2, 0.25) is 0 Å². The highest BCUT2D eigenvalue weighted by atomic mass is 32.1. The van der Waals surface area contributed by atoms with Crippen molar-refractivity contribution < 1.29 is 9.90 Å². The summed E-state index contributed by atoms with van der Waals surface area (Å²) in [6.45, 7) is 0. The smallest absolute Gasteiger partial charge is 0.183 e. The predicted octanol–water partition coefficient (Wildman–Crippen LogP) is 5.43. The fourth-order valence-electron chi connectivity index (χ4n) is 3.68. The zero-order valence-electron chi connectivity index (χ0n) is 15.0. The van der Waals surface area contributed by atoms with Gasteiger partial charge in [0.1, 0.15) is 11.5 Å². The predicted molar refractivity (Wildman–Crippen MR) is 109 cm³/mol. The van der Waals surface area contributed by atoms with Gasteiger partial charge in [-0.05, 0) is 42.7 Å².